The number of aliphatic hydroxyl groups is 1. The zero-order chi connectivity index (χ0) is 11.3. The van der Waals surface area contributed by atoms with Crippen molar-refractivity contribution in [2.75, 3.05) is 47.0 Å². The highest BCUT2D eigenvalue weighted by Crippen LogP contribution is 2.13. The minimum atomic E-state index is 0.240. The maximum absolute atomic E-state index is 9.35. The molecule has 1 aliphatic heterocycles. The molecule has 0 aromatic rings. The van der Waals surface area contributed by atoms with Crippen LogP contribution in [0.3, 0.4) is 0 Å². The molecule has 1 aliphatic rings. The van der Waals surface area contributed by atoms with Crippen LogP contribution in [-0.4, -0.2) is 74.0 Å². The highest BCUT2D eigenvalue weighted by atomic mass is 16.5. The fourth-order valence-electron chi connectivity index (χ4n) is 2.06. The van der Waals surface area contributed by atoms with E-state index < -0.39 is 0 Å². The smallest absolute Gasteiger partial charge is 0.0599 e. The second-order valence-corrected chi connectivity index (χ2v) is 4.43. The molecule has 4 nitrogen and oxygen atoms in total. The summed E-state index contributed by atoms with van der Waals surface area (Å²) in [6.45, 7) is 6.25. The van der Waals surface area contributed by atoms with E-state index in [1.807, 2.05) is 0 Å². The van der Waals surface area contributed by atoms with Crippen LogP contribution in [0.4, 0.5) is 0 Å². The average Bonchev–Trinajstić information content (AvgIpc) is 2.38. The van der Waals surface area contributed by atoms with Crippen LogP contribution >= 0.6 is 0 Å². The van der Waals surface area contributed by atoms with E-state index >= 15 is 0 Å². The first-order valence-corrected chi connectivity index (χ1v) is 5.73. The van der Waals surface area contributed by atoms with Crippen LogP contribution in [0.15, 0.2) is 0 Å². The lowest BCUT2D eigenvalue weighted by molar-refractivity contribution is 0.0985. The van der Waals surface area contributed by atoms with Gasteiger partial charge in [-0.25, -0.2) is 0 Å². The van der Waals surface area contributed by atoms with Crippen molar-refractivity contribution in [3.05, 3.63) is 0 Å². The summed E-state index contributed by atoms with van der Waals surface area (Å²) in [5.74, 6) is 0. The Bertz CT molecular complexity index is 178. The number of likely N-dealkylation sites (N-methyl/N-ethyl adjacent to an activating group) is 1. The third-order valence-corrected chi connectivity index (χ3v) is 3.43. The highest BCUT2D eigenvalue weighted by Gasteiger charge is 2.25. The lowest BCUT2D eigenvalue weighted by Gasteiger charge is -2.30. The molecule has 0 aromatic carbocycles. The van der Waals surface area contributed by atoms with Gasteiger partial charge in [-0.05, 0) is 26.9 Å². The number of rotatable bonds is 4. The number of hydrogen-bond donors (Lipinski definition) is 1. The van der Waals surface area contributed by atoms with E-state index in [2.05, 4.69) is 23.8 Å². The Hall–Kier alpha value is -0.160. The van der Waals surface area contributed by atoms with Gasteiger partial charge < -0.3 is 9.84 Å². The summed E-state index contributed by atoms with van der Waals surface area (Å²) >= 11 is 0. The van der Waals surface area contributed by atoms with Crippen LogP contribution < -0.4 is 0 Å². The van der Waals surface area contributed by atoms with E-state index in [9.17, 15) is 5.11 Å². The Morgan fingerprint density at radius 3 is 2.80 bits per heavy atom. The van der Waals surface area contributed by atoms with Gasteiger partial charge in [0.1, 0.15) is 0 Å². The van der Waals surface area contributed by atoms with Crippen LogP contribution in [-0.2, 0) is 4.74 Å². The summed E-state index contributed by atoms with van der Waals surface area (Å²) in [5, 5.41) is 9.35. The van der Waals surface area contributed by atoms with Gasteiger partial charge in [-0.1, -0.05) is 0 Å². The summed E-state index contributed by atoms with van der Waals surface area (Å²) < 4.78 is 5.09. The second kappa shape index (κ2) is 6.43. The molecule has 1 N–H and O–H groups in total. The standard InChI is InChI=1S/C11H24N2O2/c1-10-4-5-13(6-7-15-3)8-11(9-14)12(10)2/h10-11,14H,4-9H2,1-3H3. The van der Waals surface area contributed by atoms with Gasteiger partial charge in [-0.15, -0.1) is 0 Å². The minimum Gasteiger partial charge on any atom is -0.395 e. The molecule has 4 heteroatoms. The van der Waals surface area contributed by atoms with Gasteiger partial charge in [0, 0.05) is 32.3 Å². The monoisotopic (exact) mass is 216 g/mol. The molecule has 0 radical (unpaired) electrons. The van der Waals surface area contributed by atoms with Crippen molar-refractivity contribution < 1.29 is 9.84 Å². The van der Waals surface area contributed by atoms with Crippen LogP contribution in [0, 0.1) is 0 Å². The number of nitrogens with zero attached hydrogens (tertiary/aromatic N) is 2. The molecule has 2 atom stereocenters. The van der Waals surface area contributed by atoms with Crippen molar-refractivity contribution >= 4 is 0 Å². The molecule has 0 bridgehead atoms. The van der Waals surface area contributed by atoms with E-state index in [0.717, 1.165) is 32.7 Å². The normalized spacial score (nSPS) is 30.4. The quantitative estimate of drug-likeness (QED) is 0.719. The Morgan fingerprint density at radius 2 is 2.20 bits per heavy atom. The number of methoxy groups -OCH3 is 1. The van der Waals surface area contributed by atoms with E-state index in [-0.39, 0.29) is 12.6 Å². The molecular formula is C11H24N2O2. The molecular weight excluding hydrogens is 192 g/mol. The highest BCUT2D eigenvalue weighted by molar-refractivity contribution is 4.81. The first kappa shape index (κ1) is 12.9. The topological polar surface area (TPSA) is 35.9 Å². The van der Waals surface area contributed by atoms with E-state index in [1.54, 1.807) is 7.11 Å². The molecule has 1 fully saturated rings. The summed E-state index contributed by atoms with van der Waals surface area (Å²) in [6.07, 6.45) is 1.16. The molecule has 0 amide bonds. The molecule has 0 aliphatic carbocycles. The Labute approximate surface area is 92.8 Å². The van der Waals surface area contributed by atoms with Crippen LogP contribution in [0.2, 0.25) is 0 Å². The summed E-state index contributed by atoms with van der Waals surface area (Å²) in [6, 6.07) is 0.814. The third kappa shape index (κ3) is 3.72. The van der Waals surface area contributed by atoms with Crippen molar-refractivity contribution in [2.45, 2.75) is 25.4 Å². The van der Waals surface area contributed by atoms with Crippen LogP contribution in [0.1, 0.15) is 13.3 Å². The molecule has 1 heterocycles. The van der Waals surface area contributed by atoms with Gasteiger partial charge in [0.15, 0.2) is 0 Å². The van der Waals surface area contributed by atoms with E-state index in [4.69, 9.17) is 4.74 Å². The van der Waals surface area contributed by atoms with Crippen LogP contribution in [0.5, 0.6) is 0 Å². The molecule has 0 aromatic heterocycles. The van der Waals surface area contributed by atoms with Crippen molar-refractivity contribution in [2.24, 2.45) is 0 Å². The molecule has 15 heavy (non-hydrogen) atoms. The predicted molar refractivity (Wildman–Crippen MR) is 61.0 cm³/mol. The van der Waals surface area contributed by atoms with Crippen molar-refractivity contribution in [1.29, 1.82) is 0 Å². The molecule has 0 saturated carbocycles. The van der Waals surface area contributed by atoms with Crippen molar-refractivity contribution in [3.63, 3.8) is 0 Å². The first-order chi connectivity index (χ1) is 7.19. The van der Waals surface area contributed by atoms with Crippen LogP contribution in [0.25, 0.3) is 0 Å². The average molecular weight is 216 g/mol. The lowest BCUT2D eigenvalue weighted by Crippen LogP contribution is -2.44. The van der Waals surface area contributed by atoms with Gasteiger partial charge in [0.05, 0.1) is 13.2 Å². The first-order valence-electron chi connectivity index (χ1n) is 5.73. The Morgan fingerprint density at radius 1 is 1.47 bits per heavy atom. The molecule has 2 unspecified atom stereocenters. The molecule has 0 spiro atoms. The zero-order valence-electron chi connectivity index (χ0n) is 10.1. The zero-order valence-corrected chi connectivity index (χ0v) is 10.1. The Balaban J connectivity index is 2.49. The van der Waals surface area contributed by atoms with Gasteiger partial charge in [0.25, 0.3) is 0 Å². The van der Waals surface area contributed by atoms with Gasteiger partial charge >= 0.3 is 0 Å². The number of aliphatic hydroxyl groups excluding tert-OH is 1. The summed E-state index contributed by atoms with van der Waals surface area (Å²) in [7, 11) is 3.83. The Kier molecular flexibility index (Phi) is 5.53. The largest absolute Gasteiger partial charge is 0.395 e. The predicted octanol–water partition coefficient (Wildman–Crippen LogP) is 0.0197. The fourth-order valence-corrected chi connectivity index (χ4v) is 2.06. The second-order valence-electron chi connectivity index (χ2n) is 4.43. The van der Waals surface area contributed by atoms with Gasteiger partial charge in [0.2, 0.25) is 0 Å². The van der Waals surface area contributed by atoms with E-state index in [1.165, 1.54) is 0 Å². The van der Waals surface area contributed by atoms with Gasteiger partial charge in [-0.3, -0.25) is 9.80 Å². The maximum atomic E-state index is 9.35. The lowest BCUT2D eigenvalue weighted by atomic mass is 10.2. The SMILES string of the molecule is COCCN1CCC(C)N(C)C(CO)C1. The maximum Gasteiger partial charge on any atom is 0.0599 e. The fraction of sp³-hybridized carbons (Fsp3) is 1.00. The molecule has 90 valence electrons. The molecule has 1 rings (SSSR count). The summed E-state index contributed by atoms with van der Waals surface area (Å²) in [4.78, 5) is 4.66. The van der Waals surface area contributed by atoms with Gasteiger partial charge in [-0.2, -0.15) is 0 Å². The summed E-state index contributed by atoms with van der Waals surface area (Å²) in [5.41, 5.74) is 0. The van der Waals surface area contributed by atoms with E-state index in [0.29, 0.717) is 6.04 Å². The third-order valence-electron chi connectivity index (χ3n) is 3.43. The minimum absolute atomic E-state index is 0.240. The van der Waals surface area contributed by atoms with Crippen molar-refractivity contribution in [3.8, 4) is 0 Å². The number of ether oxygens (including phenoxy) is 1. The van der Waals surface area contributed by atoms with Crippen molar-refractivity contribution in [1.82, 2.24) is 9.80 Å². The molecule has 1 saturated heterocycles. The number of hydrogen-bond acceptors (Lipinski definition) is 4.